The molecule has 3 rings (SSSR count). The average molecular weight is 317 g/mol. The first kappa shape index (κ1) is 14.4. The fourth-order valence-electron chi connectivity index (χ4n) is 2.54. The van der Waals surface area contributed by atoms with Crippen molar-refractivity contribution in [3.63, 3.8) is 0 Å². The fourth-order valence-corrected chi connectivity index (χ4v) is 3.18. The van der Waals surface area contributed by atoms with Crippen molar-refractivity contribution in [2.24, 2.45) is 0 Å². The van der Waals surface area contributed by atoms with E-state index in [0.717, 1.165) is 13.2 Å². The second-order valence-electron chi connectivity index (χ2n) is 4.68. The minimum Gasteiger partial charge on any atom is -0.744 e. The van der Waals surface area contributed by atoms with Crippen LogP contribution in [0, 0.1) is 0 Å². The molecule has 2 aromatic carbocycles. The second kappa shape index (κ2) is 4.75. The third-order valence-electron chi connectivity index (χ3n) is 3.48. The lowest BCUT2D eigenvalue weighted by Gasteiger charge is -2.22. The normalized spacial score (nSPS) is 13.5. The molecule has 22 heavy (non-hydrogen) atoms. The van der Waals surface area contributed by atoms with E-state index in [0.29, 0.717) is 0 Å². The molecule has 0 radical (unpaired) electrons. The Morgan fingerprint density at radius 1 is 0.909 bits per heavy atom. The number of hydrogen-bond acceptors (Lipinski definition) is 6. The standard InChI is InChI=1S/C15H10O6S/c1-21-15-11(22(18,19)20)7-6-10-12(15)14(17)9-5-3-2-4-8(9)13(10)16/h2-7H,1H3,(H,18,19,20)/p-1. The highest BCUT2D eigenvalue weighted by Crippen LogP contribution is 2.37. The molecule has 112 valence electrons. The molecule has 0 amide bonds. The number of carbonyl (C=O) groups is 2. The van der Waals surface area contributed by atoms with Crippen LogP contribution in [0.2, 0.25) is 0 Å². The molecule has 0 spiro atoms. The summed E-state index contributed by atoms with van der Waals surface area (Å²) in [7, 11) is -3.69. The van der Waals surface area contributed by atoms with Crippen LogP contribution >= 0.6 is 0 Å². The highest BCUT2D eigenvalue weighted by Gasteiger charge is 2.34. The van der Waals surface area contributed by atoms with Crippen molar-refractivity contribution in [3.05, 3.63) is 58.7 Å². The van der Waals surface area contributed by atoms with E-state index < -0.39 is 26.6 Å². The summed E-state index contributed by atoms with van der Waals surface area (Å²) < 4.78 is 38.9. The van der Waals surface area contributed by atoms with Gasteiger partial charge in [-0.3, -0.25) is 9.59 Å². The van der Waals surface area contributed by atoms with Crippen LogP contribution in [0.4, 0.5) is 0 Å². The third-order valence-corrected chi connectivity index (χ3v) is 4.34. The molecular formula is C15H9O6S-. The molecule has 0 heterocycles. The van der Waals surface area contributed by atoms with E-state index >= 15 is 0 Å². The SMILES string of the molecule is COc1c(S(=O)(=O)[O-])ccc2c1C(=O)c1ccccc1C2=O. The molecule has 1 aliphatic rings. The quantitative estimate of drug-likeness (QED) is 0.662. The van der Waals surface area contributed by atoms with Crippen LogP contribution in [0.1, 0.15) is 31.8 Å². The Morgan fingerprint density at radius 2 is 1.50 bits per heavy atom. The highest BCUT2D eigenvalue weighted by molar-refractivity contribution is 7.85. The van der Waals surface area contributed by atoms with Gasteiger partial charge in [0.05, 0.1) is 17.6 Å². The summed E-state index contributed by atoms with van der Waals surface area (Å²) in [4.78, 5) is 24.4. The molecule has 7 heteroatoms. The molecule has 6 nitrogen and oxygen atoms in total. The summed E-state index contributed by atoms with van der Waals surface area (Å²) in [5, 5.41) is 0. The molecule has 0 fully saturated rings. The summed E-state index contributed by atoms with van der Waals surface area (Å²) in [6.07, 6.45) is 0. The van der Waals surface area contributed by atoms with E-state index in [1.807, 2.05) is 0 Å². The van der Waals surface area contributed by atoms with Gasteiger partial charge in [-0.2, -0.15) is 0 Å². The van der Waals surface area contributed by atoms with Crippen molar-refractivity contribution in [2.75, 3.05) is 7.11 Å². The first-order chi connectivity index (χ1) is 10.4. The van der Waals surface area contributed by atoms with Crippen LogP contribution in [0.5, 0.6) is 5.75 Å². The van der Waals surface area contributed by atoms with Gasteiger partial charge in [0.15, 0.2) is 11.6 Å². The van der Waals surface area contributed by atoms with E-state index in [4.69, 9.17) is 4.74 Å². The maximum atomic E-state index is 12.6. The summed E-state index contributed by atoms with van der Waals surface area (Å²) in [6, 6.07) is 8.36. The predicted molar refractivity (Wildman–Crippen MR) is 74.3 cm³/mol. The van der Waals surface area contributed by atoms with Gasteiger partial charge in [-0.1, -0.05) is 24.3 Å². The van der Waals surface area contributed by atoms with Gasteiger partial charge in [-0.15, -0.1) is 0 Å². The summed E-state index contributed by atoms with van der Waals surface area (Å²) in [5.74, 6) is -1.36. The zero-order valence-electron chi connectivity index (χ0n) is 11.3. The Kier molecular flexibility index (Phi) is 3.12. The van der Waals surface area contributed by atoms with Crippen molar-refractivity contribution in [2.45, 2.75) is 4.90 Å². The Hall–Kier alpha value is -2.51. The molecule has 0 saturated heterocycles. The molecule has 0 atom stereocenters. The van der Waals surface area contributed by atoms with Gasteiger partial charge in [-0.25, -0.2) is 8.42 Å². The van der Waals surface area contributed by atoms with Crippen LogP contribution in [-0.2, 0) is 10.1 Å². The lowest BCUT2D eigenvalue weighted by atomic mass is 9.83. The highest BCUT2D eigenvalue weighted by atomic mass is 32.2. The lowest BCUT2D eigenvalue weighted by Crippen LogP contribution is -2.22. The van der Waals surface area contributed by atoms with Crippen molar-refractivity contribution in [1.29, 1.82) is 0 Å². The van der Waals surface area contributed by atoms with Crippen LogP contribution in [-0.4, -0.2) is 31.6 Å². The molecule has 0 unspecified atom stereocenters. The molecular weight excluding hydrogens is 308 g/mol. The number of ketones is 2. The molecule has 2 aromatic rings. The first-order valence-electron chi connectivity index (χ1n) is 6.21. The number of ether oxygens (including phenoxy) is 1. The minimum absolute atomic E-state index is 0.0213. The molecule has 0 saturated carbocycles. The number of methoxy groups -OCH3 is 1. The topological polar surface area (TPSA) is 101 Å². The van der Waals surface area contributed by atoms with Gasteiger partial charge in [0.2, 0.25) is 0 Å². The lowest BCUT2D eigenvalue weighted by molar-refractivity contribution is 0.0976. The van der Waals surface area contributed by atoms with Gasteiger partial charge >= 0.3 is 0 Å². The predicted octanol–water partition coefficient (Wildman–Crippen LogP) is 1.37. The number of hydrogen-bond donors (Lipinski definition) is 0. The number of rotatable bonds is 2. The van der Waals surface area contributed by atoms with Crippen molar-refractivity contribution in [3.8, 4) is 5.75 Å². The summed E-state index contributed by atoms with van der Waals surface area (Å²) in [6.45, 7) is 0. The third kappa shape index (κ3) is 1.94. The Bertz CT molecular complexity index is 927. The second-order valence-corrected chi connectivity index (χ2v) is 6.03. The van der Waals surface area contributed by atoms with Gasteiger partial charge in [0.25, 0.3) is 0 Å². The van der Waals surface area contributed by atoms with Crippen LogP contribution in [0.15, 0.2) is 41.3 Å². The number of benzene rings is 2. The maximum Gasteiger partial charge on any atom is 0.198 e. The largest absolute Gasteiger partial charge is 0.744 e. The summed E-state index contributed by atoms with van der Waals surface area (Å²) in [5.41, 5.74) is 0.217. The Balaban J connectivity index is 2.39. The van der Waals surface area contributed by atoms with Crippen molar-refractivity contribution >= 4 is 21.7 Å². The molecule has 0 N–H and O–H groups in total. The monoisotopic (exact) mass is 317 g/mol. The Morgan fingerprint density at radius 3 is 2.05 bits per heavy atom. The molecule has 1 aliphatic carbocycles. The van der Waals surface area contributed by atoms with Crippen LogP contribution in [0.25, 0.3) is 0 Å². The van der Waals surface area contributed by atoms with Gasteiger partial charge < -0.3 is 9.29 Å². The van der Waals surface area contributed by atoms with Gasteiger partial charge in [0.1, 0.15) is 15.9 Å². The zero-order chi connectivity index (χ0) is 16.1. The van der Waals surface area contributed by atoms with Gasteiger partial charge in [0, 0.05) is 16.7 Å². The zero-order valence-corrected chi connectivity index (χ0v) is 12.1. The van der Waals surface area contributed by atoms with Crippen molar-refractivity contribution in [1.82, 2.24) is 0 Å². The molecule has 0 bridgehead atoms. The molecule has 0 aromatic heterocycles. The van der Waals surface area contributed by atoms with E-state index in [2.05, 4.69) is 0 Å². The molecule has 0 aliphatic heterocycles. The number of carbonyl (C=O) groups excluding carboxylic acids is 2. The minimum atomic E-state index is -4.84. The van der Waals surface area contributed by atoms with E-state index in [9.17, 15) is 22.6 Å². The van der Waals surface area contributed by atoms with Crippen LogP contribution in [0.3, 0.4) is 0 Å². The van der Waals surface area contributed by atoms with E-state index in [1.165, 1.54) is 18.2 Å². The van der Waals surface area contributed by atoms with Gasteiger partial charge in [-0.05, 0) is 12.1 Å². The maximum absolute atomic E-state index is 12.6. The van der Waals surface area contributed by atoms with Crippen molar-refractivity contribution < 1.29 is 27.3 Å². The smallest absolute Gasteiger partial charge is 0.198 e. The number of fused-ring (bicyclic) bond motifs is 2. The first-order valence-corrected chi connectivity index (χ1v) is 7.62. The fraction of sp³-hybridized carbons (Fsp3) is 0.0667. The van der Waals surface area contributed by atoms with Crippen LogP contribution < -0.4 is 4.74 Å². The summed E-state index contributed by atoms with van der Waals surface area (Å²) >= 11 is 0. The Labute approximate surface area is 126 Å². The van der Waals surface area contributed by atoms with E-state index in [-0.39, 0.29) is 28.0 Å². The van der Waals surface area contributed by atoms with E-state index in [1.54, 1.807) is 12.1 Å². The average Bonchev–Trinajstić information content (AvgIpc) is 2.50.